The molecule has 130 valence electrons. The largest absolute Gasteiger partial charge is 0.395 e. The number of thioether (sulfide) groups is 1. The number of aliphatic hydroxyl groups is 1. The first-order valence-corrected chi connectivity index (χ1v) is 10.6. The molecule has 0 aliphatic rings. The van der Waals surface area contributed by atoms with Crippen LogP contribution in [0.1, 0.15) is 13.8 Å². The lowest BCUT2D eigenvalue weighted by Gasteiger charge is -2.28. The molecule has 0 fully saturated rings. The molecule has 0 saturated carbocycles. The third kappa shape index (κ3) is 4.62. The van der Waals surface area contributed by atoms with E-state index < -0.39 is 15.1 Å². The molecule has 5 heteroatoms. The predicted octanol–water partition coefficient (Wildman–Crippen LogP) is 3.89. The minimum atomic E-state index is -3.56. The molecule has 0 radical (unpaired) electrons. The van der Waals surface area contributed by atoms with Crippen molar-refractivity contribution < 1.29 is 13.5 Å². The van der Waals surface area contributed by atoms with Crippen LogP contribution in [0.5, 0.6) is 0 Å². The Labute approximate surface area is 149 Å². The average Bonchev–Trinajstić information content (AvgIpc) is 2.59. The van der Waals surface area contributed by atoms with Crippen LogP contribution in [-0.2, 0) is 9.84 Å². The van der Waals surface area contributed by atoms with Crippen molar-refractivity contribution in [2.45, 2.75) is 28.9 Å². The molecule has 2 rings (SSSR count). The normalized spacial score (nSPS) is 14.5. The molecule has 2 atom stereocenters. The first-order chi connectivity index (χ1) is 11.5. The van der Waals surface area contributed by atoms with Crippen molar-refractivity contribution in [2.24, 2.45) is 11.8 Å². The maximum Gasteiger partial charge on any atom is 0.183 e. The van der Waals surface area contributed by atoms with Crippen molar-refractivity contribution in [3.05, 3.63) is 60.7 Å². The summed E-state index contributed by atoms with van der Waals surface area (Å²) in [6.45, 7) is 3.66. The van der Waals surface area contributed by atoms with E-state index in [2.05, 4.69) is 0 Å². The van der Waals surface area contributed by atoms with Crippen LogP contribution < -0.4 is 0 Å². The van der Waals surface area contributed by atoms with Gasteiger partial charge in [-0.15, -0.1) is 11.8 Å². The quantitative estimate of drug-likeness (QED) is 0.722. The lowest BCUT2D eigenvalue weighted by atomic mass is 9.94. The Morgan fingerprint density at radius 2 is 1.50 bits per heavy atom. The summed E-state index contributed by atoms with van der Waals surface area (Å²) in [5.74, 6) is 0.668. The molecule has 0 aromatic heterocycles. The lowest BCUT2D eigenvalue weighted by molar-refractivity contribution is 0.245. The van der Waals surface area contributed by atoms with Crippen LogP contribution in [0.25, 0.3) is 0 Å². The maximum atomic E-state index is 13.0. The van der Waals surface area contributed by atoms with Gasteiger partial charge in [-0.2, -0.15) is 0 Å². The zero-order valence-corrected chi connectivity index (χ0v) is 15.6. The lowest BCUT2D eigenvalue weighted by Crippen LogP contribution is -2.37. The van der Waals surface area contributed by atoms with Crippen LogP contribution in [-0.4, -0.2) is 31.1 Å². The van der Waals surface area contributed by atoms with Crippen LogP contribution in [0.3, 0.4) is 0 Å². The van der Waals surface area contributed by atoms with E-state index in [0.717, 1.165) is 4.90 Å². The van der Waals surface area contributed by atoms with Gasteiger partial charge in [0.05, 0.1) is 16.8 Å². The number of rotatable bonds is 8. The van der Waals surface area contributed by atoms with Crippen molar-refractivity contribution in [1.82, 2.24) is 0 Å². The first kappa shape index (κ1) is 19.0. The highest BCUT2D eigenvalue weighted by atomic mass is 32.2. The molecule has 0 aliphatic heterocycles. The fourth-order valence-corrected chi connectivity index (χ4v) is 6.11. The first-order valence-electron chi connectivity index (χ1n) is 8.04. The van der Waals surface area contributed by atoms with Crippen LogP contribution >= 0.6 is 11.8 Å². The Hall–Kier alpha value is -1.30. The highest BCUT2D eigenvalue weighted by Gasteiger charge is 2.35. The van der Waals surface area contributed by atoms with E-state index in [-0.39, 0.29) is 23.3 Å². The molecule has 2 aromatic carbocycles. The fourth-order valence-electron chi connectivity index (χ4n) is 2.69. The van der Waals surface area contributed by atoms with E-state index in [1.165, 1.54) is 0 Å². The maximum absolute atomic E-state index is 13.0. The summed E-state index contributed by atoms with van der Waals surface area (Å²) in [6.07, 6.45) is 0. The molecule has 0 heterocycles. The highest BCUT2D eigenvalue weighted by Crippen LogP contribution is 2.31. The third-order valence-corrected chi connectivity index (χ3v) is 7.55. The van der Waals surface area contributed by atoms with Crippen molar-refractivity contribution >= 4 is 21.6 Å². The molecular weight excluding hydrogens is 340 g/mol. The summed E-state index contributed by atoms with van der Waals surface area (Å²) in [6, 6.07) is 18.3. The molecular formula is C19H24O3S2. The van der Waals surface area contributed by atoms with Gasteiger partial charge in [0.1, 0.15) is 0 Å². The molecule has 0 amide bonds. The monoisotopic (exact) mass is 364 g/mol. The van der Waals surface area contributed by atoms with E-state index in [0.29, 0.717) is 5.75 Å². The molecule has 0 bridgehead atoms. The second kappa shape index (κ2) is 8.70. The molecule has 0 spiro atoms. The SMILES string of the molecule is CC(C)[C@@H](CSc1ccccc1)[C@H](CO)S(=O)(=O)c1ccccc1. The summed E-state index contributed by atoms with van der Waals surface area (Å²) in [5.41, 5.74) is 0. The zero-order valence-electron chi connectivity index (χ0n) is 14.0. The van der Waals surface area contributed by atoms with Gasteiger partial charge in [-0.1, -0.05) is 50.2 Å². The van der Waals surface area contributed by atoms with Gasteiger partial charge >= 0.3 is 0 Å². The number of aliphatic hydroxyl groups excluding tert-OH is 1. The van der Waals surface area contributed by atoms with Gasteiger partial charge in [0.25, 0.3) is 0 Å². The van der Waals surface area contributed by atoms with Gasteiger partial charge in [-0.25, -0.2) is 8.42 Å². The van der Waals surface area contributed by atoms with Gasteiger partial charge in [0, 0.05) is 10.6 Å². The molecule has 0 aliphatic carbocycles. The van der Waals surface area contributed by atoms with Crippen LogP contribution in [0, 0.1) is 11.8 Å². The molecule has 0 unspecified atom stereocenters. The molecule has 2 aromatic rings. The Balaban J connectivity index is 2.23. The van der Waals surface area contributed by atoms with Crippen LogP contribution in [0.4, 0.5) is 0 Å². The third-order valence-electron chi connectivity index (χ3n) is 4.17. The molecule has 3 nitrogen and oxygen atoms in total. The van der Waals surface area contributed by atoms with Crippen molar-refractivity contribution in [3.8, 4) is 0 Å². The van der Waals surface area contributed by atoms with Crippen molar-refractivity contribution in [1.29, 1.82) is 0 Å². The van der Waals surface area contributed by atoms with E-state index in [9.17, 15) is 13.5 Å². The van der Waals surface area contributed by atoms with E-state index >= 15 is 0 Å². The standard InChI is InChI=1S/C19H24O3S2/c1-15(2)18(14-23-16-9-5-3-6-10-16)19(13-20)24(21,22)17-11-7-4-8-12-17/h3-12,15,18-20H,13-14H2,1-2H3/t18-,19+/m1/s1. The number of sulfone groups is 1. The second-order valence-corrected chi connectivity index (χ2v) is 9.37. The predicted molar refractivity (Wildman–Crippen MR) is 100.0 cm³/mol. The number of benzene rings is 2. The molecule has 24 heavy (non-hydrogen) atoms. The minimum absolute atomic E-state index is 0.134. The summed E-state index contributed by atoms with van der Waals surface area (Å²) in [5, 5.41) is 9.06. The summed E-state index contributed by atoms with van der Waals surface area (Å²) in [7, 11) is -3.56. The van der Waals surface area contributed by atoms with E-state index in [4.69, 9.17) is 0 Å². The Bertz CT molecular complexity index is 713. The molecule has 1 N–H and O–H groups in total. The minimum Gasteiger partial charge on any atom is -0.395 e. The Morgan fingerprint density at radius 3 is 2.00 bits per heavy atom. The topological polar surface area (TPSA) is 54.4 Å². The number of hydrogen-bond acceptors (Lipinski definition) is 4. The van der Waals surface area contributed by atoms with Gasteiger partial charge in [-0.05, 0) is 36.1 Å². The summed E-state index contributed by atoms with van der Waals surface area (Å²) >= 11 is 1.64. The zero-order chi connectivity index (χ0) is 17.6. The summed E-state index contributed by atoms with van der Waals surface area (Å²) < 4.78 is 25.9. The van der Waals surface area contributed by atoms with Crippen LogP contribution in [0.15, 0.2) is 70.5 Å². The highest BCUT2D eigenvalue weighted by molar-refractivity contribution is 7.99. The smallest absolute Gasteiger partial charge is 0.183 e. The second-order valence-electron chi connectivity index (χ2n) is 6.11. The van der Waals surface area contributed by atoms with Gasteiger partial charge in [0.15, 0.2) is 9.84 Å². The summed E-state index contributed by atoms with van der Waals surface area (Å²) in [4.78, 5) is 1.39. The van der Waals surface area contributed by atoms with Crippen molar-refractivity contribution in [2.75, 3.05) is 12.4 Å². The van der Waals surface area contributed by atoms with Gasteiger partial charge in [0.2, 0.25) is 0 Å². The molecule has 0 saturated heterocycles. The van der Waals surface area contributed by atoms with Crippen LogP contribution in [0.2, 0.25) is 0 Å². The van der Waals surface area contributed by atoms with E-state index in [1.54, 1.807) is 42.1 Å². The number of hydrogen-bond donors (Lipinski definition) is 1. The van der Waals surface area contributed by atoms with E-state index in [1.807, 2.05) is 44.2 Å². The average molecular weight is 365 g/mol. The fraction of sp³-hybridized carbons (Fsp3) is 0.368. The van der Waals surface area contributed by atoms with Crippen molar-refractivity contribution in [3.63, 3.8) is 0 Å². The Kier molecular flexibility index (Phi) is 6.90. The Morgan fingerprint density at radius 1 is 0.958 bits per heavy atom. The van der Waals surface area contributed by atoms with Gasteiger partial charge < -0.3 is 5.11 Å². The van der Waals surface area contributed by atoms with Gasteiger partial charge in [-0.3, -0.25) is 0 Å².